The maximum absolute atomic E-state index is 13.0. The second-order valence-corrected chi connectivity index (χ2v) is 8.65. The zero-order valence-electron chi connectivity index (χ0n) is 16.7. The van der Waals surface area contributed by atoms with Gasteiger partial charge in [-0.1, -0.05) is 6.42 Å². The first-order chi connectivity index (χ1) is 13.6. The molecule has 154 valence electrons. The van der Waals surface area contributed by atoms with Gasteiger partial charge in [0.15, 0.2) is 6.61 Å². The summed E-state index contributed by atoms with van der Waals surface area (Å²) in [6, 6.07) is 6.55. The lowest BCUT2D eigenvalue weighted by Crippen LogP contribution is -2.48. The maximum atomic E-state index is 13.0. The van der Waals surface area contributed by atoms with Crippen molar-refractivity contribution in [3.63, 3.8) is 0 Å². The van der Waals surface area contributed by atoms with Crippen molar-refractivity contribution in [3.05, 3.63) is 30.1 Å². The molecule has 3 fully saturated rings. The van der Waals surface area contributed by atoms with Gasteiger partial charge in [0.05, 0.1) is 6.61 Å². The molecular weight excluding hydrogens is 359 g/mol. The van der Waals surface area contributed by atoms with Gasteiger partial charge in [-0.15, -0.1) is 0 Å². The molecule has 0 bridgehead atoms. The van der Waals surface area contributed by atoms with Gasteiger partial charge in [0.25, 0.3) is 5.91 Å². The first-order valence-corrected chi connectivity index (χ1v) is 10.5. The fourth-order valence-electron chi connectivity index (χ4n) is 5.07. The summed E-state index contributed by atoms with van der Waals surface area (Å²) in [5, 5.41) is 0. The van der Waals surface area contributed by atoms with Crippen LogP contribution in [-0.4, -0.2) is 68.3 Å². The van der Waals surface area contributed by atoms with Crippen LogP contribution in [0, 0.1) is 17.2 Å². The van der Waals surface area contributed by atoms with Gasteiger partial charge in [0, 0.05) is 45.2 Å². The van der Waals surface area contributed by atoms with Gasteiger partial charge in [-0.3, -0.25) is 9.69 Å². The Hall–Kier alpha value is -1.66. The van der Waals surface area contributed by atoms with Crippen molar-refractivity contribution < 1.29 is 18.7 Å². The average Bonchev–Trinajstić information content (AvgIpc) is 2.98. The predicted octanol–water partition coefficient (Wildman–Crippen LogP) is 2.94. The van der Waals surface area contributed by atoms with E-state index in [4.69, 9.17) is 9.47 Å². The first kappa shape index (κ1) is 19.6. The standard InChI is InChI=1S/C22H31FN2O3/c1-27-14-17-13-25(19-3-2-4-19)16-22(17)9-11-24(12-10-22)21(26)15-28-20-7-5-18(23)6-8-20/h5-8,17,19H,2-4,9-16H2,1H3. The van der Waals surface area contributed by atoms with E-state index in [2.05, 4.69) is 4.90 Å². The van der Waals surface area contributed by atoms with Gasteiger partial charge >= 0.3 is 0 Å². The van der Waals surface area contributed by atoms with Crippen LogP contribution in [0.2, 0.25) is 0 Å². The molecule has 1 aliphatic carbocycles. The van der Waals surface area contributed by atoms with Crippen molar-refractivity contribution in [2.24, 2.45) is 11.3 Å². The summed E-state index contributed by atoms with van der Waals surface area (Å²) < 4.78 is 24.1. The molecule has 1 aromatic rings. The molecule has 1 atom stereocenters. The smallest absolute Gasteiger partial charge is 0.260 e. The molecule has 6 heteroatoms. The molecule has 2 aliphatic heterocycles. The molecule has 0 N–H and O–H groups in total. The molecule has 4 rings (SSSR count). The van der Waals surface area contributed by atoms with E-state index in [9.17, 15) is 9.18 Å². The minimum atomic E-state index is -0.307. The van der Waals surface area contributed by atoms with Crippen LogP contribution in [0.15, 0.2) is 24.3 Å². The lowest BCUT2D eigenvalue weighted by Gasteiger charge is -2.43. The molecule has 1 spiro atoms. The third-order valence-electron chi connectivity index (χ3n) is 7.09. The summed E-state index contributed by atoms with van der Waals surface area (Å²) in [5.41, 5.74) is 0.278. The number of benzene rings is 1. The van der Waals surface area contributed by atoms with Gasteiger partial charge in [0.1, 0.15) is 11.6 Å². The van der Waals surface area contributed by atoms with E-state index in [0.717, 1.165) is 51.7 Å². The molecule has 0 radical (unpaired) electrons. The van der Waals surface area contributed by atoms with Crippen LogP contribution >= 0.6 is 0 Å². The molecule has 0 aromatic heterocycles. The topological polar surface area (TPSA) is 42.0 Å². The van der Waals surface area contributed by atoms with E-state index in [-0.39, 0.29) is 23.7 Å². The Morgan fingerprint density at radius 2 is 1.93 bits per heavy atom. The number of halogens is 1. The van der Waals surface area contributed by atoms with Crippen molar-refractivity contribution in [1.29, 1.82) is 0 Å². The summed E-state index contributed by atoms with van der Waals surface area (Å²) in [6.07, 6.45) is 6.10. The Balaban J connectivity index is 1.31. The maximum Gasteiger partial charge on any atom is 0.260 e. The molecule has 1 amide bonds. The Morgan fingerprint density at radius 3 is 2.54 bits per heavy atom. The largest absolute Gasteiger partial charge is 0.484 e. The van der Waals surface area contributed by atoms with E-state index < -0.39 is 0 Å². The molecule has 2 saturated heterocycles. The highest BCUT2D eigenvalue weighted by Gasteiger charge is 2.50. The SMILES string of the molecule is COCC1CN(C2CCC2)CC12CCN(C(=O)COc1ccc(F)cc1)CC2. The number of carbonyl (C=O) groups excluding carboxylic acids is 1. The number of hydrogen-bond acceptors (Lipinski definition) is 4. The summed E-state index contributed by atoms with van der Waals surface area (Å²) in [5.74, 6) is 0.788. The molecule has 1 aromatic carbocycles. The van der Waals surface area contributed by atoms with Gasteiger partial charge in [0.2, 0.25) is 0 Å². The summed E-state index contributed by atoms with van der Waals surface area (Å²) in [4.78, 5) is 17.2. The predicted molar refractivity (Wildman–Crippen MR) is 105 cm³/mol. The minimum absolute atomic E-state index is 0.00827. The Kier molecular flexibility index (Phi) is 5.88. The quantitative estimate of drug-likeness (QED) is 0.749. The van der Waals surface area contributed by atoms with E-state index in [0.29, 0.717) is 11.7 Å². The zero-order valence-corrected chi connectivity index (χ0v) is 16.7. The Morgan fingerprint density at radius 1 is 1.21 bits per heavy atom. The van der Waals surface area contributed by atoms with Crippen LogP contribution in [0.25, 0.3) is 0 Å². The third-order valence-corrected chi connectivity index (χ3v) is 7.09. The van der Waals surface area contributed by atoms with Crippen molar-refractivity contribution in [2.75, 3.05) is 46.5 Å². The van der Waals surface area contributed by atoms with Crippen molar-refractivity contribution in [3.8, 4) is 5.75 Å². The van der Waals surface area contributed by atoms with E-state index in [1.807, 2.05) is 4.90 Å². The number of piperidine rings is 1. The number of ether oxygens (including phenoxy) is 2. The zero-order chi connectivity index (χ0) is 19.6. The third kappa shape index (κ3) is 4.03. The van der Waals surface area contributed by atoms with Crippen molar-refractivity contribution >= 4 is 5.91 Å². The molecule has 1 unspecified atom stereocenters. The lowest BCUT2D eigenvalue weighted by atomic mass is 9.71. The second-order valence-electron chi connectivity index (χ2n) is 8.65. The highest BCUT2D eigenvalue weighted by atomic mass is 19.1. The Bertz CT molecular complexity index is 669. The Labute approximate surface area is 166 Å². The van der Waals surface area contributed by atoms with Crippen LogP contribution in [-0.2, 0) is 9.53 Å². The van der Waals surface area contributed by atoms with Crippen LogP contribution < -0.4 is 4.74 Å². The van der Waals surface area contributed by atoms with Crippen molar-refractivity contribution in [2.45, 2.75) is 38.1 Å². The van der Waals surface area contributed by atoms with E-state index in [1.165, 1.54) is 31.4 Å². The number of amides is 1. The molecule has 5 nitrogen and oxygen atoms in total. The number of hydrogen-bond donors (Lipinski definition) is 0. The monoisotopic (exact) mass is 390 g/mol. The number of methoxy groups -OCH3 is 1. The average molecular weight is 390 g/mol. The fraction of sp³-hybridized carbons (Fsp3) is 0.682. The molecule has 28 heavy (non-hydrogen) atoms. The van der Waals surface area contributed by atoms with E-state index in [1.54, 1.807) is 19.2 Å². The van der Waals surface area contributed by atoms with Gasteiger partial charge < -0.3 is 14.4 Å². The second kappa shape index (κ2) is 8.37. The van der Waals surface area contributed by atoms with Gasteiger partial charge in [-0.05, 0) is 55.4 Å². The summed E-state index contributed by atoms with van der Waals surface area (Å²) in [6.45, 7) is 4.67. The van der Waals surface area contributed by atoms with Crippen molar-refractivity contribution in [1.82, 2.24) is 9.80 Å². The summed E-state index contributed by atoms with van der Waals surface area (Å²) >= 11 is 0. The molecule has 2 heterocycles. The van der Waals surface area contributed by atoms with Crippen LogP contribution in [0.4, 0.5) is 4.39 Å². The number of carbonyl (C=O) groups is 1. The molecular formula is C22H31FN2O3. The lowest BCUT2D eigenvalue weighted by molar-refractivity contribution is -0.136. The normalized spacial score (nSPS) is 25.1. The number of likely N-dealkylation sites (tertiary alicyclic amines) is 2. The van der Waals surface area contributed by atoms with Gasteiger partial charge in [-0.25, -0.2) is 4.39 Å². The summed E-state index contributed by atoms with van der Waals surface area (Å²) in [7, 11) is 1.80. The highest BCUT2D eigenvalue weighted by Crippen LogP contribution is 2.47. The minimum Gasteiger partial charge on any atom is -0.484 e. The highest BCUT2D eigenvalue weighted by molar-refractivity contribution is 5.77. The molecule has 1 saturated carbocycles. The van der Waals surface area contributed by atoms with E-state index >= 15 is 0 Å². The van der Waals surface area contributed by atoms with Crippen LogP contribution in [0.5, 0.6) is 5.75 Å². The van der Waals surface area contributed by atoms with Crippen LogP contribution in [0.3, 0.4) is 0 Å². The number of rotatable bonds is 6. The fourth-order valence-corrected chi connectivity index (χ4v) is 5.07. The first-order valence-electron chi connectivity index (χ1n) is 10.5. The van der Waals surface area contributed by atoms with Crippen LogP contribution in [0.1, 0.15) is 32.1 Å². The molecule has 3 aliphatic rings. The van der Waals surface area contributed by atoms with Gasteiger partial charge in [-0.2, -0.15) is 0 Å². The number of nitrogens with zero attached hydrogens (tertiary/aromatic N) is 2.